The fraction of sp³-hybridized carbons (Fsp3) is 0.480. The summed E-state index contributed by atoms with van der Waals surface area (Å²) in [5.74, 6) is 0.0265. The highest BCUT2D eigenvalue weighted by molar-refractivity contribution is 6.42. The molecule has 1 fully saturated rings. The van der Waals surface area contributed by atoms with E-state index in [0.717, 1.165) is 51.1 Å². The second-order valence-corrected chi connectivity index (χ2v) is 9.51. The van der Waals surface area contributed by atoms with Crippen LogP contribution in [0.3, 0.4) is 0 Å². The van der Waals surface area contributed by atoms with Crippen molar-refractivity contribution in [2.24, 2.45) is 0 Å². The number of amides is 1. The molecule has 0 aliphatic carbocycles. The van der Waals surface area contributed by atoms with Crippen molar-refractivity contribution in [3.05, 3.63) is 69.7 Å². The summed E-state index contributed by atoms with van der Waals surface area (Å²) in [7, 11) is 4.12. The van der Waals surface area contributed by atoms with Crippen LogP contribution in [0.4, 0.5) is 0 Å². The Hall–Kier alpha value is -0.760. The van der Waals surface area contributed by atoms with E-state index in [1.165, 1.54) is 5.56 Å². The molecular formula is C25H37Cl5N4O. The minimum Gasteiger partial charge on any atom is -0.347 e. The molecule has 0 spiro atoms. The molecule has 0 saturated carbocycles. The first-order valence-corrected chi connectivity index (χ1v) is 12.0. The number of nitrogens with zero attached hydrogens (tertiary/aromatic N) is 2. The Labute approximate surface area is 238 Å². The summed E-state index contributed by atoms with van der Waals surface area (Å²) in [6.07, 6.45) is 1.82. The molecule has 198 valence electrons. The normalized spacial score (nSPS) is 15.8. The minimum absolute atomic E-state index is 0. The van der Waals surface area contributed by atoms with E-state index in [2.05, 4.69) is 45.7 Å². The van der Waals surface area contributed by atoms with Crippen LogP contribution in [0.15, 0.2) is 48.5 Å². The molecule has 1 heterocycles. The largest absolute Gasteiger partial charge is 0.347 e. The second kappa shape index (κ2) is 16.2. The van der Waals surface area contributed by atoms with Gasteiger partial charge in [-0.15, -0.1) is 37.2 Å². The number of halogens is 5. The monoisotopic (exact) mass is 584 g/mol. The average molecular weight is 587 g/mol. The highest BCUT2D eigenvalue weighted by Gasteiger charge is 2.36. The second-order valence-electron chi connectivity index (χ2n) is 8.70. The number of nitrogens with one attached hydrogen (secondary N) is 2. The van der Waals surface area contributed by atoms with Gasteiger partial charge < -0.3 is 15.5 Å². The lowest BCUT2D eigenvalue weighted by molar-refractivity contribution is -0.121. The molecule has 1 aliphatic heterocycles. The molecule has 2 N–H and O–H groups in total. The topological polar surface area (TPSA) is 47.6 Å². The summed E-state index contributed by atoms with van der Waals surface area (Å²) < 4.78 is 0. The molecule has 2 aromatic rings. The van der Waals surface area contributed by atoms with Crippen molar-refractivity contribution in [1.82, 2.24) is 20.4 Å². The first kappa shape index (κ1) is 34.2. The van der Waals surface area contributed by atoms with E-state index in [0.29, 0.717) is 10.0 Å². The molecule has 1 amide bonds. The van der Waals surface area contributed by atoms with E-state index in [4.69, 9.17) is 23.2 Å². The number of benzene rings is 2. The molecule has 1 aliphatic rings. The fourth-order valence-corrected chi connectivity index (χ4v) is 4.94. The Balaban J connectivity index is 0.00000385. The molecule has 3 rings (SSSR count). The summed E-state index contributed by atoms with van der Waals surface area (Å²) in [4.78, 5) is 16.8. The van der Waals surface area contributed by atoms with Crippen LogP contribution in [0, 0.1) is 0 Å². The van der Waals surface area contributed by atoms with E-state index >= 15 is 0 Å². The van der Waals surface area contributed by atoms with Gasteiger partial charge in [-0.25, -0.2) is 0 Å². The van der Waals surface area contributed by atoms with Crippen molar-refractivity contribution in [3.63, 3.8) is 0 Å². The average Bonchev–Trinajstić information content (AvgIpc) is 2.79. The first-order valence-electron chi connectivity index (χ1n) is 11.2. The third kappa shape index (κ3) is 9.24. The highest BCUT2D eigenvalue weighted by atomic mass is 35.5. The molecule has 5 nitrogen and oxygen atoms in total. The Morgan fingerprint density at radius 1 is 1.06 bits per heavy atom. The number of hydrogen-bond acceptors (Lipinski definition) is 4. The van der Waals surface area contributed by atoms with Crippen LogP contribution >= 0.6 is 60.4 Å². The van der Waals surface area contributed by atoms with Gasteiger partial charge in [-0.3, -0.25) is 9.69 Å². The van der Waals surface area contributed by atoms with Gasteiger partial charge in [0, 0.05) is 45.7 Å². The van der Waals surface area contributed by atoms with Crippen molar-refractivity contribution < 1.29 is 4.79 Å². The van der Waals surface area contributed by atoms with E-state index in [1.54, 1.807) is 6.92 Å². The zero-order valence-corrected chi connectivity index (χ0v) is 24.4. The van der Waals surface area contributed by atoms with Crippen LogP contribution in [0.2, 0.25) is 10.0 Å². The fourth-order valence-electron chi connectivity index (χ4n) is 4.63. The molecular weight excluding hydrogens is 550 g/mol. The summed E-state index contributed by atoms with van der Waals surface area (Å²) in [5.41, 5.74) is 2.08. The molecule has 10 heteroatoms. The van der Waals surface area contributed by atoms with E-state index in [9.17, 15) is 4.79 Å². The Kier molecular flexibility index (Phi) is 15.8. The molecule has 2 aromatic carbocycles. The number of carbonyl (C=O) groups excluding carboxylic acids is 1. The predicted octanol–water partition coefficient (Wildman–Crippen LogP) is 5.58. The summed E-state index contributed by atoms with van der Waals surface area (Å²) >= 11 is 12.4. The molecule has 1 atom stereocenters. The Morgan fingerprint density at radius 2 is 1.69 bits per heavy atom. The van der Waals surface area contributed by atoms with Crippen LogP contribution in [0.1, 0.15) is 36.9 Å². The van der Waals surface area contributed by atoms with E-state index in [-0.39, 0.29) is 54.7 Å². The van der Waals surface area contributed by atoms with Crippen molar-refractivity contribution >= 4 is 66.3 Å². The van der Waals surface area contributed by atoms with Crippen LogP contribution in [-0.2, 0) is 10.3 Å². The van der Waals surface area contributed by atoms with Gasteiger partial charge >= 0.3 is 0 Å². The summed E-state index contributed by atoms with van der Waals surface area (Å²) in [6.45, 7) is 6.25. The van der Waals surface area contributed by atoms with Crippen LogP contribution in [0.25, 0.3) is 0 Å². The van der Waals surface area contributed by atoms with Crippen molar-refractivity contribution in [3.8, 4) is 0 Å². The maximum atomic E-state index is 11.9. The Morgan fingerprint density at radius 3 is 2.23 bits per heavy atom. The first-order chi connectivity index (χ1) is 15.3. The van der Waals surface area contributed by atoms with Crippen molar-refractivity contribution in [2.45, 2.75) is 31.3 Å². The highest BCUT2D eigenvalue weighted by Crippen LogP contribution is 2.33. The SMILES string of the molecule is CNCC(c1ccc(Cl)c(Cl)c1)N(C)CCN1CCC(NC(C)=O)(c2ccccc2)CC1.Cl.Cl.Cl. The lowest BCUT2D eigenvalue weighted by Gasteiger charge is -2.43. The predicted molar refractivity (Wildman–Crippen MR) is 155 cm³/mol. The van der Waals surface area contributed by atoms with Gasteiger partial charge in [0.2, 0.25) is 5.91 Å². The molecule has 0 aromatic heterocycles. The van der Waals surface area contributed by atoms with Gasteiger partial charge in [0.15, 0.2) is 0 Å². The van der Waals surface area contributed by atoms with Gasteiger partial charge in [0.25, 0.3) is 0 Å². The van der Waals surface area contributed by atoms with Gasteiger partial charge in [-0.05, 0) is 50.2 Å². The van der Waals surface area contributed by atoms with Crippen LogP contribution in [-0.4, -0.2) is 62.5 Å². The molecule has 0 bridgehead atoms. The number of likely N-dealkylation sites (tertiary alicyclic amines) is 1. The molecule has 35 heavy (non-hydrogen) atoms. The number of hydrogen-bond donors (Lipinski definition) is 2. The molecule has 1 unspecified atom stereocenters. The number of likely N-dealkylation sites (N-methyl/N-ethyl adjacent to an activating group) is 2. The standard InChI is InChI=1S/C25H34Cl2N4O.3ClH/c1-19(32)29-25(21-7-5-4-6-8-21)11-13-31(14-12-25)16-15-30(3)24(18-28-2)20-9-10-22(26)23(27)17-20;;;/h4-10,17,24,28H,11-16,18H2,1-3H3,(H,29,32);3*1H. The van der Waals surface area contributed by atoms with Gasteiger partial charge in [0.05, 0.1) is 15.6 Å². The zero-order chi connectivity index (χ0) is 23.1. The lowest BCUT2D eigenvalue weighted by atomic mass is 9.80. The van der Waals surface area contributed by atoms with Crippen molar-refractivity contribution in [2.75, 3.05) is 46.8 Å². The minimum atomic E-state index is -0.274. The van der Waals surface area contributed by atoms with E-state index < -0.39 is 0 Å². The molecule has 1 saturated heterocycles. The zero-order valence-electron chi connectivity index (χ0n) is 20.4. The number of piperidine rings is 1. The van der Waals surface area contributed by atoms with Gasteiger partial charge in [-0.2, -0.15) is 0 Å². The third-order valence-electron chi connectivity index (χ3n) is 6.48. The quantitative estimate of drug-likeness (QED) is 0.403. The summed E-state index contributed by atoms with van der Waals surface area (Å²) in [6, 6.07) is 16.5. The Bertz CT molecular complexity index is 895. The number of carbonyl (C=O) groups is 1. The third-order valence-corrected chi connectivity index (χ3v) is 7.22. The number of rotatable bonds is 9. The smallest absolute Gasteiger partial charge is 0.217 e. The molecule has 0 radical (unpaired) electrons. The van der Waals surface area contributed by atoms with Crippen molar-refractivity contribution in [1.29, 1.82) is 0 Å². The maximum absolute atomic E-state index is 11.9. The lowest BCUT2D eigenvalue weighted by Crippen LogP contribution is -2.53. The van der Waals surface area contributed by atoms with Crippen LogP contribution < -0.4 is 10.6 Å². The van der Waals surface area contributed by atoms with Crippen LogP contribution in [0.5, 0.6) is 0 Å². The van der Waals surface area contributed by atoms with E-state index in [1.807, 2.05) is 37.4 Å². The maximum Gasteiger partial charge on any atom is 0.217 e. The van der Waals surface area contributed by atoms with Gasteiger partial charge in [-0.1, -0.05) is 59.6 Å². The van der Waals surface area contributed by atoms with Gasteiger partial charge in [0.1, 0.15) is 0 Å². The summed E-state index contributed by atoms with van der Waals surface area (Å²) in [5, 5.41) is 7.72.